The second-order valence-corrected chi connectivity index (χ2v) is 28.9. The maximum absolute atomic E-state index is 12.0. The highest BCUT2D eigenvalue weighted by atomic mass is 16.6. The lowest BCUT2D eigenvalue weighted by Crippen LogP contribution is -2.33. The highest BCUT2D eigenvalue weighted by Gasteiger charge is 2.22. The van der Waals surface area contributed by atoms with Gasteiger partial charge in [0, 0.05) is 70.6 Å². The number of pyridine rings is 1. The number of piperidine rings is 1. The number of likely N-dealkylation sites (tertiary alicyclic amines) is 2. The zero-order chi connectivity index (χ0) is 90.7. The number of carbonyl (C=O) groups excluding carboxylic acids is 6. The number of unbranched alkanes of at least 4 members (excludes halogenated alkanes) is 1. The van der Waals surface area contributed by atoms with Crippen LogP contribution in [0.3, 0.4) is 0 Å². The van der Waals surface area contributed by atoms with Crippen LogP contribution in [0.4, 0.5) is 0 Å². The Morgan fingerprint density at radius 3 is 0.938 bits per heavy atom. The van der Waals surface area contributed by atoms with Gasteiger partial charge in [0.15, 0.2) is 12.4 Å². The second-order valence-electron chi connectivity index (χ2n) is 28.9. The van der Waals surface area contributed by atoms with E-state index in [1.807, 2.05) is 55.2 Å². The van der Waals surface area contributed by atoms with Gasteiger partial charge in [-0.2, -0.15) is 36.5 Å². The topological polar surface area (TPSA) is 549 Å². The minimum atomic E-state index is -0.413. The van der Waals surface area contributed by atoms with E-state index in [0.717, 1.165) is 104 Å². The minimum Gasteiger partial charge on any atom is -0.465 e. The van der Waals surface area contributed by atoms with Gasteiger partial charge in [-0.25, -0.2) is 33.3 Å². The molecule has 8 aromatic heterocycles. The van der Waals surface area contributed by atoms with Crippen molar-refractivity contribution in [1.29, 1.82) is 0 Å². The summed E-state index contributed by atoms with van der Waals surface area (Å²) < 4.78 is 32.9. The molecule has 0 radical (unpaired) electrons. The minimum absolute atomic E-state index is 0.0770. The molecule has 15 aromatic rings. The Morgan fingerprint density at radius 2 is 0.638 bits per heavy atom. The molecule has 43 heteroatoms. The number of hydrogen-bond acceptors (Lipinski definition) is 35. The van der Waals surface area contributed by atoms with Crippen molar-refractivity contribution >= 4 is 35.8 Å². The number of terminal acetylenes is 1. The first kappa shape index (κ1) is 92.7. The van der Waals surface area contributed by atoms with Crippen molar-refractivity contribution in [3.8, 4) is 97.8 Å². The number of benzene rings is 7. The third kappa shape index (κ3) is 29.3. The van der Waals surface area contributed by atoms with Crippen LogP contribution < -0.4 is 9.30 Å². The highest BCUT2D eigenvalue weighted by Crippen LogP contribution is 2.25. The molecule has 0 atom stereocenters. The van der Waals surface area contributed by atoms with Gasteiger partial charge in [-0.3, -0.25) is 9.80 Å². The Balaban J connectivity index is 0.000000138. The van der Waals surface area contributed by atoms with Crippen LogP contribution in [0.2, 0.25) is 0 Å². The summed E-state index contributed by atoms with van der Waals surface area (Å²) in [6, 6.07) is 52.9. The van der Waals surface area contributed by atoms with Crippen LogP contribution in [0.1, 0.15) is 145 Å². The van der Waals surface area contributed by atoms with Crippen LogP contribution >= 0.6 is 0 Å². The lowest BCUT2D eigenvalue weighted by molar-refractivity contribution is -0.671. The van der Waals surface area contributed by atoms with E-state index in [0.29, 0.717) is 113 Å². The first-order valence-electron chi connectivity index (χ1n) is 41.4. The van der Waals surface area contributed by atoms with Crippen molar-refractivity contribution in [2.75, 3.05) is 66.2 Å². The Hall–Kier alpha value is -16.5. The van der Waals surface area contributed by atoms with Crippen molar-refractivity contribution in [2.45, 2.75) is 90.1 Å². The quantitative estimate of drug-likeness (QED) is 0.00974. The van der Waals surface area contributed by atoms with E-state index >= 15 is 0 Å². The molecule has 43 nitrogen and oxygen atoms in total. The molecule has 1 aliphatic carbocycles. The molecule has 3 aliphatic rings. The van der Waals surface area contributed by atoms with E-state index in [4.69, 9.17) is 30.1 Å². The molecule has 0 spiro atoms. The summed E-state index contributed by atoms with van der Waals surface area (Å²) in [7, 11) is 3.23. The number of ether oxygens (including phenoxy) is 6. The van der Waals surface area contributed by atoms with E-state index in [-0.39, 0.29) is 36.0 Å². The third-order valence-electron chi connectivity index (χ3n) is 19.8. The van der Waals surface area contributed by atoms with Crippen LogP contribution in [-0.4, -0.2) is 262 Å². The number of hydrogen-bond donors (Lipinski definition) is 7. The van der Waals surface area contributed by atoms with Gasteiger partial charge in [0.25, 0.3) is 0 Å². The van der Waals surface area contributed by atoms with Crippen LogP contribution in [0.15, 0.2) is 194 Å². The monoisotopic (exact) mass is 1760 g/mol. The molecular formula is C87H92N31O12+. The van der Waals surface area contributed by atoms with Crippen LogP contribution in [0.5, 0.6) is 5.75 Å². The van der Waals surface area contributed by atoms with Crippen molar-refractivity contribution in [3.63, 3.8) is 0 Å². The second kappa shape index (κ2) is 49.8. The molecule has 2 saturated heterocycles. The molecule has 3 fully saturated rings. The zero-order valence-electron chi connectivity index (χ0n) is 71.1. The van der Waals surface area contributed by atoms with Gasteiger partial charge in [-0.15, -0.1) is 83.7 Å². The van der Waals surface area contributed by atoms with E-state index in [9.17, 15) is 28.8 Å². The molecule has 7 N–H and O–H groups in total. The predicted octanol–water partition coefficient (Wildman–Crippen LogP) is 9.16. The van der Waals surface area contributed by atoms with E-state index in [1.54, 1.807) is 158 Å². The molecule has 7 aromatic carbocycles. The molecule has 0 bridgehead atoms. The fourth-order valence-electron chi connectivity index (χ4n) is 12.8. The summed E-state index contributed by atoms with van der Waals surface area (Å²) >= 11 is 0. The number of tetrazole rings is 7. The summed E-state index contributed by atoms with van der Waals surface area (Å²) in [4.78, 5) is 75.5. The normalized spacial score (nSPS) is 12.8. The standard InChI is InChI=1S/C15H19N5O2.C14H11N5O2.C14H17N5O2.C14H16N4O2.C13H12N4O2.C9H8N4O2.C8H8N4/c21-15(22-11-10-20-8-2-1-3-9-20)13-6-4-12(5-7-13)14-16-18-19-17-14;1-19-8-6-12(7-9-19)21-14(20)11-4-2-10(3-5-11)13-15-17-18-16-13;20-14(21-10-9-19-7-1-2-8-19)12-5-3-11(4-6-12)13-15-17-18-16-13;19-14(20-12-4-2-1-3-5-12)11-8-6-10(7-9-11)13-15-17-18-16-13;1-2-3-4-9-19-13(18)11-7-5-10(6-8-11)12-14-16-17-15-12;1-15-9(14)7-4-2-6(3-5-7)8-10-12-13-11-8;1-6-2-4-7(5-3-6)8-9-11-12-10-8/h4-7H,1-3,8-11H2,(H,16,17,18,19);2-9H,1H3;3-6H,1-2,7-10H2,(H,15,16,17,18);6-9,12H,1-5H2,(H,15,16,17,18);1,5-8H,3-4,9H2,(H,14,15,16,17);2-5H,1H3,(H,10,11,12,13);2-5H,1H3,(H,9,10,11,12)/p+1. The number of H-pyrrole nitrogens is 7. The average Bonchev–Trinajstić information content (AvgIpc) is 1.56. The van der Waals surface area contributed by atoms with E-state index < -0.39 is 5.97 Å². The molecule has 18 rings (SSSR count). The largest absolute Gasteiger partial charge is 0.465 e. The maximum Gasteiger partial charge on any atom is 0.343 e. The van der Waals surface area contributed by atoms with Crippen LogP contribution in [0, 0.1) is 19.3 Å². The lowest BCUT2D eigenvalue weighted by atomic mass is 9.98. The number of esters is 6. The van der Waals surface area contributed by atoms with E-state index in [2.05, 4.69) is 165 Å². The molecule has 10 heterocycles. The van der Waals surface area contributed by atoms with Gasteiger partial charge < -0.3 is 28.4 Å². The van der Waals surface area contributed by atoms with Gasteiger partial charge in [-0.1, -0.05) is 115 Å². The number of methoxy groups -OCH3 is 1. The summed E-state index contributed by atoms with van der Waals surface area (Å²) in [6.45, 7) is 9.30. The maximum atomic E-state index is 12.0. The molecule has 0 amide bonds. The van der Waals surface area contributed by atoms with E-state index in [1.165, 1.54) is 51.2 Å². The molecule has 1 saturated carbocycles. The molecular weight excluding hydrogens is 1670 g/mol. The van der Waals surface area contributed by atoms with Crippen molar-refractivity contribution in [1.82, 2.24) is 154 Å². The molecule has 130 heavy (non-hydrogen) atoms. The van der Waals surface area contributed by atoms with Gasteiger partial charge in [0.2, 0.25) is 40.8 Å². The average molecular weight is 1760 g/mol. The Labute approximate surface area is 742 Å². The fourth-order valence-corrected chi connectivity index (χ4v) is 12.8. The summed E-state index contributed by atoms with van der Waals surface area (Å²) in [5.74, 6) is 4.61. The summed E-state index contributed by atoms with van der Waals surface area (Å²) in [6.07, 6.45) is 21.8. The van der Waals surface area contributed by atoms with Crippen molar-refractivity contribution in [3.05, 3.63) is 233 Å². The number of carbonyl (C=O) groups is 6. The Morgan fingerprint density at radius 1 is 0.362 bits per heavy atom. The number of nitrogens with one attached hydrogen (secondary N) is 7. The Kier molecular flexibility index (Phi) is 35.5. The highest BCUT2D eigenvalue weighted by molar-refractivity contribution is 5.93. The van der Waals surface area contributed by atoms with Gasteiger partial charge >= 0.3 is 35.8 Å². The number of nitrogens with zero attached hydrogens (tertiary/aromatic N) is 24. The SMILES string of the molecule is C#CCCCOC(=O)c1ccc(-c2nn[nH]n2)cc1.COC(=O)c1ccc(-c2nn[nH]n2)cc1.C[n+]1ccc(OC(=O)c2ccc(-c3nn[nH]n3)cc2)cc1.Cc1ccc(-c2nn[nH]n2)cc1.O=C(OC1CCCCC1)c1ccc(-c2nn[nH]n2)cc1.O=C(OCCN1CCCC1)c1ccc(-c2nn[nH]n2)cc1.O=C(OCCN1CCCCC1)c1ccc(-c2nn[nH]n2)cc1. The number of aryl methyl sites for hydroxylation is 2. The number of aromatic nitrogens is 29. The van der Waals surface area contributed by atoms with Crippen molar-refractivity contribution < 1.29 is 61.8 Å². The van der Waals surface area contributed by atoms with Crippen LogP contribution in [-0.2, 0) is 30.7 Å². The summed E-state index contributed by atoms with van der Waals surface area (Å²) in [5.41, 5.74) is 10.0. The number of rotatable bonds is 24. The third-order valence-corrected chi connectivity index (χ3v) is 19.8. The fraction of sp³-hybridized carbons (Fsp3) is 0.287. The van der Waals surface area contributed by atoms with Gasteiger partial charge in [-0.05, 0) is 200 Å². The zero-order valence-corrected chi connectivity index (χ0v) is 71.1. The Bertz CT molecular complexity index is 5870. The summed E-state index contributed by atoms with van der Waals surface area (Å²) in [5, 5.41) is 95.3. The number of aromatic amines is 7. The lowest BCUT2D eigenvalue weighted by Gasteiger charge is -2.25. The first-order valence-corrected chi connectivity index (χ1v) is 41.4. The van der Waals surface area contributed by atoms with Gasteiger partial charge in [0.05, 0.1) is 47.1 Å². The predicted molar refractivity (Wildman–Crippen MR) is 463 cm³/mol. The van der Waals surface area contributed by atoms with Gasteiger partial charge in [0.1, 0.15) is 32.1 Å². The van der Waals surface area contributed by atoms with Crippen LogP contribution in [0.25, 0.3) is 79.7 Å². The van der Waals surface area contributed by atoms with Crippen molar-refractivity contribution in [2.24, 2.45) is 7.05 Å². The molecule has 2 aliphatic heterocycles. The smallest absolute Gasteiger partial charge is 0.343 e. The molecule has 666 valence electrons. The molecule has 0 unspecified atom stereocenters. The first-order chi connectivity index (χ1) is 63.7.